The van der Waals surface area contributed by atoms with Crippen molar-refractivity contribution in [3.8, 4) is 16.2 Å². The van der Waals surface area contributed by atoms with E-state index in [-0.39, 0.29) is 75.0 Å². The molecule has 0 bridgehead atoms. The maximum Gasteiger partial charge on any atom is 0.258 e. The molecule has 23 nitrogen and oxygen atoms in total. The number of aliphatic hydroxyl groups excluding tert-OH is 2. The maximum absolute atomic E-state index is 15.8. The molecule has 1 aliphatic carbocycles. The molecule has 5 saturated heterocycles. The zero-order valence-electron chi connectivity index (χ0n) is 53.9. The summed E-state index contributed by atoms with van der Waals surface area (Å²) in [5.74, 6) is -1.51. The van der Waals surface area contributed by atoms with Crippen molar-refractivity contribution in [1.82, 2.24) is 61.1 Å². The van der Waals surface area contributed by atoms with Crippen molar-refractivity contribution >= 4 is 58.2 Å². The lowest BCUT2D eigenvalue weighted by molar-refractivity contribution is -0.145. The molecule has 92 heavy (non-hydrogen) atoms. The van der Waals surface area contributed by atoms with Crippen LogP contribution in [0.4, 0.5) is 30.5 Å². The Labute approximate surface area is 541 Å². The third-order valence-electron chi connectivity index (χ3n) is 18.9. The molecule has 7 heterocycles. The average Bonchev–Trinajstić information content (AvgIpc) is 1.07. The Morgan fingerprint density at radius 1 is 0.793 bits per heavy atom. The van der Waals surface area contributed by atoms with Crippen molar-refractivity contribution in [2.24, 2.45) is 10.8 Å². The van der Waals surface area contributed by atoms with E-state index in [1.54, 1.807) is 43.3 Å². The number of likely N-dealkylation sites (tertiary alicyclic amines) is 2. The summed E-state index contributed by atoms with van der Waals surface area (Å²) in [6.07, 6.45) is 3.75. The number of aliphatic hydroxyl groups is 2. The Balaban J connectivity index is 0.610. The molecule has 5 aliphatic heterocycles. The van der Waals surface area contributed by atoms with Gasteiger partial charge in [0.05, 0.1) is 41.0 Å². The fourth-order valence-corrected chi connectivity index (χ4v) is 13.7. The fourth-order valence-electron chi connectivity index (χ4n) is 12.9. The number of alkyl halides is 1. The number of piperazine rings is 2. The van der Waals surface area contributed by atoms with Crippen molar-refractivity contribution < 1.29 is 52.1 Å². The number of benzene rings is 2. The molecule has 5 amide bonds. The number of β-amino-alcohol motifs (C(OH)–C–C–N with tert-alkyl or cyclic N) is 2. The Hall–Kier alpha value is -6.75. The highest BCUT2D eigenvalue weighted by Gasteiger charge is 2.53. The van der Waals surface area contributed by atoms with E-state index in [9.17, 15) is 38.6 Å². The molecule has 6 aliphatic rings. The predicted octanol–water partition coefficient (Wildman–Crippen LogP) is 3.92. The number of amides is 5. The van der Waals surface area contributed by atoms with Crippen molar-refractivity contribution in [3.63, 3.8) is 0 Å². The van der Waals surface area contributed by atoms with E-state index in [0.29, 0.717) is 107 Å². The molecule has 4 atom stereocenters. The Morgan fingerprint density at radius 2 is 1.52 bits per heavy atom. The lowest BCUT2D eigenvalue weighted by Crippen LogP contribution is -2.68. The molecule has 1 spiro atoms. The van der Waals surface area contributed by atoms with Crippen molar-refractivity contribution in [2.75, 3.05) is 126 Å². The zero-order chi connectivity index (χ0) is 65.5. The van der Waals surface area contributed by atoms with Crippen LogP contribution in [0.25, 0.3) is 10.4 Å². The predicted molar refractivity (Wildman–Crippen MR) is 344 cm³/mol. The molecule has 4 aromatic rings. The Morgan fingerprint density at radius 3 is 2.23 bits per heavy atom. The lowest BCUT2D eigenvalue weighted by Gasteiger charge is -2.50. The number of hydrogen-bond donors (Lipinski definition) is 8. The third kappa shape index (κ3) is 17.5. The van der Waals surface area contributed by atoms with Crippen LogP contribution in [-0.4, -0.2) is 221 Å². The number of aryl methyl sites for hydroxylation is 1. The molecule has 10 rings (SSSR count). The first kappa shape index (κ1) is 68.1. The molecular weight excluding hydrogens is 1210 g/mol. The minimum atomic E-state index is -2.01. The number of carbonyl (C=O) groups is 5. The number of hydrogen-bond acceptors (Lipinski definition) is 19. The molecule has 2 aromatic heterocycles. The molecule has 8 N–H and O–H groups in total. The first-order chi connectivity index (χ1) is 43.8. The fraction of sp³-hybridized carbons (Fsp3) is 0.631. The zero-order valence-corrected chi connectivity index (χ0v) is 54.7. The SMILES string of the molecule is Cc1ncsc1-c1ccc(CNC(=O)[C@@H]2C[C@@H](O)CN2C(=O)[C@@H](NC(=O)C2(F)CC2)C(C)(C)C)c(OCC(=O)NCCN2CCN(CC(=O)NCCCNc3cc(N4CCC5(CC4)CN(c4cc(F)c(CN6CCC(C)(C)CC6)cc4F)CC(O)N5)ncn3)CC2)c1. The standard InChI is InChI=1S/C65H92F3N15O8S/c1-42-57(92-41-75-42)43-8-9-44(33-72-59(88)50-30-46(84)35-83(50)60(89)58(62(2,3)4)76-61(90)65(68)10-11-65)51(29-43)91-38-56(87)71-18-23-78-24-26-80(27-25-78)36-54(85)70-17-7-16-69-52-32-53(74-40-73-52)81-21-14-64(15-22-81)39-82(37-55(86)77-64)49-31-47(66)45(28-48(49)67)34-79-19-12-63(5,6)13-20-79/h8-9,28-29,31-32,40-41,46,50,55,58,77,84,86H,7,10-27,30,33-39H2,1-6H3,(H,70,85)(H,71,87)(H,72,88)(H,76,90)(H,69,73,74)/t46-,50+,55?,58-/m1/s1. The topological polar surface area (TPSA) is 265 Å². The summed E-state index contributed by atoms with van der Waals surface area (Å²) >= 11 is 1.46. The van der Waals surface area contributed by atoms with Gasteiger partial charge in [-0.05, 0) is 93.5 Å². The molecule has 0 radical (unpaired) electrons. The summed E-state index contributed by atoms with van der Waals surface area (Å²) in [6.45, 7) is 20.1. The van der Waals surface area contributed by atoms with E-state index >= 15 is 8.78 Å². The second kappa shape index (κ2) is 29.3. The van der Waals surface area contributed by atoms with Crippen LogP contribution in [0.3, 0.4) is 0 Å². The number of nitrogens with one attached hydrogen (secondary N) is 6. The van der Waals surface area contributed by atoms with Crippen LogP contribution in [-0.2, 0) is 37.1 Å². The van der Waals surface area contributed by atoms with Crippen LogP contribution in [0.5, 0.6) is 5.75 Å². The summed E-state index contributed by atoms with van der Waals surface area (Å²) in [7, 11) is 0. The van der Waals surface area contributed by atoms with Gasteiger partial charge < -0.3 is 56.2 Å². The van der Waals surface area contributed by atoms with Crippen LogP contribution in [0.15, 0.2) is 48.2 Å². The normalized spacial score (nSPS) is 22.0. The second-order valence-electron chi connectivity index (χ2n) is 27.7. The highest BCUT2D eigenvalue weighted by Crippen LogP contribution is 2.41. The van der Waals surface area contributed by atoms with Gasteiger partial charge >= 0.3 is 0 Å². The number of piperidine rings is 2. The van der Waals surface area contributed by atoms with Crippen LogP contribution < -0.4 is 46.4 Å². The van der Waals surface area contributed by atoms with Crippen LogP contribution in [0, 0.1) is 29.4 Å². The molecule has 2 aromatic carbocycles. The minimum Gasteiger partial charge on any atom is -0.483 e. The van der Waals surface area contributed by atoms with Crippen LogP contribution in [0.2, 0.25) is 0 Å². The average molecular weight is 1300 g/mol. The van der Waals surface area contributed by atoms with Gasteiger partial charge in [0.25, 0.3) is 11.8 Å². The smallest absolute Gasteiger partial charge is 0.258 e. The number of ether oxygens (including phenoxy) is 1. The number of rotatable bonds is 24. The minimum absolute atomic E-state index is 0.0292. The number of nitrogens with zero attached hydrogens (tertiary/aromatic N) is 9. The summed E-state index contributed by atoms with van der Waals surface area (Å²) in [5, 5.41) is 39.8. The van der Waals surface area contributed by atoms with Gasteiger partial charge in [0, 0.05) is 127 Å². The molecule has 1 unspecified atom stereocenters. The number of anilines is 3. The lowest BCUT2D eigenvalue weighted by atomic mass is 9.82. The summed E-state index contributed by atoms with van der Waals surface area (Å²) < 4.78 is 52.2. The van der Waals surface area contributed by atoms with E-state index < -0.39 is 70.4 Å². The van der Waals surface area contributed by atoms with Gasteiger partial charge in [-0.25, -0.2) is 28.1 Å². The quantitative estimate of drug-likeness (QED) is 0.0462. The van der Waals surface area contributed by atoms with E-state index in [4.69, 9.17) is 4.74 Å². The van der Waals surface area contributed by atoms with Crippen molar-refractivity contribution in [3.05, 3.63) is 76.7 Å². The van der Waals surface area contributed by atoms with Gasteiger partial charge in [-0.2, -0.15) is 0 Å². The van der Waals surface area contributed by atoms with Crippen molar-refractivity contribution in [1.29, 1.82) is 0 Å². The molecule has 1 saturated carbocycles. The number of carbonyl (C=O) groups excluding carboxylic acids is 5. The van der Waals surface area contributed by atoms with Gasteiger partial charge in [-0.15, -0.1) is 11.3 Å². The van der Waals surface area contributed by atoms with Crippen LogP contribution >= 0.6 is 11.3 Å². The first-order valence-electron chi connectivity index (χ1n) is 32.4. The number of aromatic nitrogens is 3. The van der Waals surface area contributed by atoms with Gasteiger partial charge in [0.15, 0.2) is 12.3 Å². The molecule has 502 valence electrons. The molecule has 6 fully saturated rings. The Kier molecular flexibility index (Phi) is 21.7. The van der Waals surface area contributed by atoms with Gasteiger partial charge in [0.2, 0.25) is 17.7 Å². The summed E-state index contributed by atoms with van der Waals surface area (Å²) in [6, 6.07) is 7.80. The monoisotopic (exact) mass is 1300 g/mol. The van der Waals surface area contributed by atoms with E-state index in [2.05, 4.69) is 80.3 Å². The van der Waals surface area contributed by atoms with Gasteiger partial charge in [0.1, 0.15) is 53.7 Å². The van der Waals surface area contributed by atoms with E-state index in [0.717, 1.165) is 61.0 Å². The third-order valence-corrected chi connectivity index (χ3v) is 19.9. The largest absolute Gasteiger partial charge is 0.483 e. The van der Waals surface area contributed by atoms with Gasteiger partial charge in [-0.3, -0.25) is 44.0 Å². The van der Waals surface area contributed by atoms with E-state index in [1.165, 1.54) is 34.7 Å². The summed E-state index contributed by atoms with van der Waals surface area (Å²) in [4.78, 5) is 92.8. The highest BCUT2D eigenvalue weighted by molar-refractivity contribution is 7.13. The molecular formula is C65H92F3N15O8S. The van der Waals surface area contributed by atoms with E-state index in [1.807, 2.05) is 19.1 Å². The number of thiazole rings is 1. The second-order valence-corrected chi connectivity index (χ2v) is 28.6. The van der Waals surface area contributed by atoms with Gasteiger partial charge in [-0.1, -0.05) is 46.8 Å². The van der Waals surface area contributed by atoms with Crippen molar-refractivity contribution in [2.45, 2.75) is 142 Å². The first-order valence-corrected chi connectivity index (χ1v) is 33.3. The number of halogens is 3. The van der Waals surface area contributed by atoms with Crippen LogP contribution in [0.1, 0.15) is 103 Å². The summed E-state index contributed by atoms with van der Waals surface area (Å²) in [5.41, 5.74) is 1.38. The molecule has 27 heteroatoms. The maximum atomic E-state index is 15.8. The highest BCUT2D eigenvalue weighted by atomic mass is 32.1. The Bertz CT molecular complexity index is 3250.